The largest absolute Gasteiger partial charge is 0.459 e. The standard InChI is InChI=1S/C80H73N3O27/c81-83-82-41-42-95-79-67(106-75(93)53-37-21-7-22-38-53)65(63(104-73(91)51-33-17-5-18-34-51)57(102-79)44-96-69(87)47-25-9-1-10-26-47)110-78-61(86)62(56(46-99-78)101-72(90)50-31-15-4-16-32-50)108-80-68(107-76(94)54-39-23-8-24-40-54)66(109-77-60(85)59(84)55(43-98-77)100-71(89)49-29-13-3-14-30-49)64(105-74(92)52-35-19-6-20-36-52)58(103-80)45-97-70(88)48-27-11-2-12-28-48/h1-40,55-68,77-80,84-86H,41-46H2/t55-,56-,57?,58?,59?,60?,61?,62?,63-,64-,65?,66?,67?,68?,77-,78-,79-,80+/m1/s1. The summed E-state index contributed by atoms with van der Waals surface area (Å²) >= 11 is 0. The summed E-state index contributed by atoms with van der Waals surface area (Å²) < 4.78 is 101. The Hall–Kier alpha value is -11.6. The van der Waals surface area contributed by atoms with E-state index in [2.05, 4.69) is 10.0 Å². The van der Waals surface area contributed by atoms with Crippen LogP contribution in [0.1, 0.15) is 82.9 Å². The first-order valence-corrected chi connectivity index (χ1v) is 34.8. The Kier molecular flexibility index (Phi) is 26.9. The number of carbonyl (C=O) groups is 8. The van der Waals surface area contributed by atoms with Crippen LogP contribution >= 0.6 is 0 Å². The topological polar surface area (TPSA) is 394 Å². The second kappa shape index (κ2) is 38.0. The van der Waals surface area contributed by atoms with E-state index >= 15 is 0 Å². The molecule has 3 N–H and O–H groups in total. The SMILES string of the molecule is [N-]=[N+]=NCCO[C@@H]1OC(COC(=O)c2ccccc2)[C@@H](OC(=O)c2ccccc2)C(O[C@H]2OC[C@@H](OC(=O)c3ccccc3)C(O[C@@H]3OC(COC(=O)c4ccccc4)[C@@H](OC(=O)c4ccccc4)C(O[C@H]4OC[C@@H](OC(=O)c5ccccc5)C(O)C4O)C3OC(=O)c3ccccc3)C2O)C1OC(=O)c1ccccc1. The number of rotatable bonds is 28. The van der Waals surface area contributed by atoms with E-state index in [1.807, 2.05) is 0 Å². The van der Waals surface area contributed by atoms with Crippen molar-refractivity contribution in [1.82, 2.24) is 0 Å². The second-order valence-corrected chi connectivity index (χ2v) is 25.1. The normalized spacial score (nSPS) is 26.3. The van der Waals surface area contributed by atoms with Gasteiger partial charge < -0.3 is 91.1 Å². The molecule has 0 aliphatic carbocycles. The second-order valence-electron chi connectivity index (χ2n) is 25.1. The summed E-state index contributed by atoms with van der Waals surface area (Å²) in [5.41, 5.74) is 9.28. The maximum Gasteiger partial charge on any atom is 0.338 e. The van der Waals surface area contributed by atoms with E-state index in [1.165, 1.54) is 133 Å². The number of carbonyl (C=O) groups excluding carboxylic acids is 8. The lowest BCUT2D eigenvalue weighted by Gasteiger charge is -2.49. The van der Waals surface area contributed by atoms with Crippen LogP contribution in [0.25, 0.3) is 10.4 Å². The van der Waals surface area contributed by atoms with Crippen LogP contribution in [0, 0.1) is 0 Å². The monoisotopic (exact) mass is 1510 g/mol. The van der Waals surface area contributed by atoms with E-state index < -0.39 is 191 Å². The molecule has 0 bridgehead atoms. The molecular weight excluding hydrogens is 1430 g/mol. The van der Waals surface area contributed by atoms with E-state index in [9.17, 15) is 59.2 Å². The maximum atomic E-state index is 14.9. The molecule has 4 aliphatic heterocycles. The lowest BCUT2D eigenvalue weighted by molar-refractivity contribution is -0.377. The Morgan fingerprint density at radius 3 is 0.991 bits per heavy atom. The summed E-state index contributed by atoms with van der Waals surface area (Å²) in [5, 5.41) is 40.9. The van der Waals surface area contributed by atoms with Gasteiger partial charge in [-0.2, -0.15) is 0 Å². The molecule has 570 valence electrons. The van der Waals surface area contributed by atoms with Crippen molar-refractivity contribution in [1.29, 1.82) is 0 Å². The van der Waals surface area contributed by atoms with Gasteiger partial charge in [0.1, 0.15) is 62.0 Å². The summed E-state index contributed by atoms with van der Waals surface area (Å²) in [7, 11) is 0. The third-order valence-corrected chi connectivity index (χ3v) is 17.8. The van der Waals surface area contributed by atoms with Gasteiger partial charge >= 0.3 is 47.8 Å². The summed E-state index contributed by atoms with van der Waals surface area (Å²) in [6.45, 7) is -3.88. The smallest absolute Gasteiger partial charge is 0.338 e. The molecule has 0 radical (unpaired) electrons. The molecule has 4 saturated heterocycles. The van der Waals surface area contributed by atoms with Crippen molar-refractivity contribution in [3.05, 3.63) is 298 Å². The van der Waals surface area contributed by atoms with Crippen molar-refractivity contribution in [3.63, 3.8) is 0 Å². The molecule has 4 heterocycles. The van der Waals surface area contributed by atoms with Crippen LogP contribution in [0.5, 0.6) is 0 Å². The van der Waals surface area contributed by atoms with Crippen LogP contribution in [0.2, 0.25) is 0 Å². The number of ether oxygens (including phenoxy) is 16. The molecule has 30 heteroatoms. The third kappa shape index (κ3) is 19.8. The summed E-state index contributed by atoms with van der Waals surface area (Å²) in [6, 6.07) is 60.6. The molecule has 4 aliphatic rings. The van der Waals surface area contributed by atoms with E-state index in [1.54, 1.807) is 109 Å². The van der Waals surface area contributed by atoms with E-state index in [0.29, 0.717) is 0 Å². The number of nitrogens with zero attached hydrogens (tertiary/aromatic N) is 3. The van der Waals surface area contributed by atoms with Gasteiger partial charge in [0.25, 0.3) is 0 Å². The van der Waals surface area contributed by atoms with Crippen molar-refractivity contribution >= 4 is 47.8 Å². The van der Waals surface area contributed by atoms with E-state index in [-0.39, 0.29) is 51.1 Å². The van der Waals surface area contributed by atoms with Gasteiger partial charge in [-0.25, -0.2) is 38.4 Å². The average Bonchev–Trinajstić information content (AvgIpc) is 0.765. The Balaban J connectivity index is 0.972. The quantitative estimate of drug-likeness (QED) is 0.0105. The fourth-order valence-corrected chi connectivity index (χ4v) is 12.2. The molecule has 110 heavy (non-hydrogen) atoms. The Morgan fingerprint density at radius 2 is 0.627 bits per heavy atom. The Bertz CT molecular complexity index is 4430. The van der Waals surface area contributed by atoms with Crippen LogP contribution < -0.4 is 0 Å². The fourth-order valence-electron chi connectivity index (χ4n) is 12.2. The van der Waals surface area contributed by atoms with Crippen molar-refractivity contribution in [2.45, 2.75) is 111 Å². The number of hydrogen-bond donors (Lipinski definition) is 3. The molecule has 10 unspecified atom stereocenters. The van der Waals surface area contributed by atoms with Crippen LogP contribution in [-0.4, -0.2) is 213 Å². The van der Waals surface area contributed by atoms with Gasteiger partial charge in [0.05, 0.1) is 64.3 Å². The maximum absolute atomic E-state index is 14.9. The van der Waals surface area contributed by atoms with Crippen molar-refractivity contribution in [2.24, 2.45) is 5.11 Å². The van der Waals surface area contributed by atoms with Crippen molar-refractivity contribution in [3.8, 4) is 0 Å². The zero-order valence-electron chi connectivity index (χ0n) is 58.2. The van der Waals surface area contributed by atoms with Gasteiger partial charge in [0.2, 0.25) is 0 Å². The number of aliphatic hydroxyl groups is 3. The molecule has 4 fully saturated rings. The summed E-state index contributed by atoms with van der Waals surface area (Å²) in [4.78, 5) is 117. The summed E-state index contributed by atoms with van der Waals surface area (Å²) in [6.07, 6.45) is -35.8. The lowest BCUT2D eigenvalue weighted by atomic mass is 9.96. The molecule has 8 aromatic carbocycles. The van der Waals surface area contributed by atoms with Crippen LogP contribution in [0.15, 0.2) is 248 Å². The first-order valence-electron chi connectivity index (χ1n) is 34.8. The molecule has 0 aromatic heterocycles. The third-order valence-electron chi connectivity index (χ3n) is 17.8. The molecule has 0 saturated carbocycles. The minimum Gasteiger partial charge on any atom is -0.459 e. The zero-order valence-corrected chi connectivity index (χ0v) is 58.2. The highest BCUT2D eigenvalue weighted by molar-refractivity contribution is 5.93. The highest BCUT2D eigenvalue weighted by atomic mass is 16.8. The first-order chi connectivity index (χ1) is 53.6. The predicted octanol–water partition coefficient (Wildman–Crippen LogP) is 7.78. The van der Waals surface area contributed by atoms with Gasteiger partial charge in [-0.15, -0.1) is 0 Å². The number of esters is 8. The predicted molar refractivity (Wildman–Crippen MR) is 377 cm³/mol. The minimum atomic E-state index is -2.36. The minimum absolute atomic E-state index is 0.0244. The van der Waals surface area contributed by atoms with Gasteiger partial charge in [-0.05, 0) is 103 Å². The number of aliphatic hydroxyl groups excluding tert-OH is 3. The molecule has 18 atom stereocenters. The summed E-state index contributed by atoms with van der Waals surface area (Å²) in [5.74, 6) is -8.03. The van der Waals surface area contributed by atoms with Crippen molar-refractivity contribution < 1.29 is 129 Å². The molecule has 0 spiro atoms. The average molecular weight is 1510 g/mol. The molecule has 12 rings (SSSR count). The Morgan fingerprint density at radius 1 is 0.336 bits per heavy atom. The van der Waals surface area contributed by atoms with Gasteiger partial charge in [0, 0.05) is 11.5 Å². The number of hydrogen-bond acceptors (Lipinski definition) is 28. The number of benzene rings is 8. The van der Waals surface area contributed by atoms with Crippen LogP contribution in [-0.2, 0) is 75.8 Å². The highest BCUT2D eigenvalue weighted by Gasteiger charge is 2.59. The van der Waals surface area contributed by atoms with Crippen LogP contribution in [0.3, 0.4) is 0 Å². The molecular formula is C80H73N3O27. The molecule has 0 amide bonds. The molecule has 8 aromatic rings. The van der Waals surface area contributed by atoms with Gasteiger partial charge in [-0.3, -0.25) is 0 Å². The van der Waals surface area contributed by atoms with Crippen LogP contribution in [0.4, 0.5) is 0 Å². The fraction of sp³-hybridized carbons (Fsp3) is 0.300. The zero-order chi connectivity index (χ0) is 76.9. The first kappa shape index (κ1) is 78.0. The highest BCUT2D eigenvalue weighted by Crippen LogP contribution is 2.39. The van der Waals surface area contributed by atoms with Gasteiger partial charge in [0.15, 0.2) is 61.8 Å². The van der Waals surface area contributed by atoms with E-state index in [4.69, 9.17) is 75.8 Å². The number of azide groups is 1. The van der Waals surface area contributed by atoms with Crippen molar-refractivity contribution in [2.75, 3.05) is 39.6 Å². The van der Waals surface area contributed by atoms with Gasteiger partial charge in [-0.1, -0.05) is 151 Å². The molecule has 30 nitrogen and oxygen atoms in total. The Labute approximate surface area is 627 Å². The lowest BCUT2D eigenvalue weighted by Crippen LogP contribution is -2.68. The van der Waals surface area contributed by atoms with E-state index in [0.717, 1.165) is 0 Å².